The highest BCUT2D eigenvalue weighted by Crippen LogP contribution is 2.09. The summed E-state index contributed by atoms with van der Waals surface area (Å²) in [5.74, 6) is 1.12. The maximum Gasteiger partial charge on any atom is 0.336 e. The van der Waals surface area contributed by atoms with Gasteiger partial charge in [-0.15, -0.1) is 0 Å². The van der Waals surface area contributed by atoms with Gasteiger partial charge in [-0.1, -0.05) is 36.1 Å². The van der Waals surface area contributed by atoms with Crippen LogP contribution in [0.4, 0.5) is 0 Å². The van der Waals surface area contributed by atoms with Gasteiger partial charge in [0.1, 0.15) is 0 Å². The lowest BCUT2D eigenvalue weighted by molar-refractivity contribution is -0.511. The van der Waals surface area contributed by atoms with E-state index in [1.165, 1.54) is 0 Å². The van der Waals surface area contributed by atoms with Gasteiger partial charge in [-0.25, -0.2) is 0 Å². The molecule has 1 rings (SSSR count). The summed E-state index contributed by atoms with van der Waals surface area (Å²) in [7, 11) is 0. The van der Waals surface area contributed by atoms with E-state index in [2.05, 4.69) is 40.7 Å². The van der Waals surface area contributed by atoms with Crippen LogP contribution in [0.15, 0.2) is 12.7 Å². The second kappa shape index (κ2) is 4.84. The van der Waals surface area contributed by atoms with Crippen LogP contribution in [-0.2, 0) is 4.74 Å². The van der Waals surface area contributed by atoms with Gasteiger partial charge in [0.25, 0.3) is 0 Å². The molecule has 0 spiro atoms. The average Bonchev–Trinajstić information content (AvgIpc) is 2.48. The fourth-order valence-electron chi connectivity index (χ4n) is 1.37. The number of hydrogen-bond donors (Lipinski definition) is 0. The molecule has 12 heavy (non-hydrogen) atoms. The molecule has 0 amide bonds. The second-order valence-corrected chi connectivity index (χ2v) is 3.72. The maximum absolute atomic E-state index is 5.71. The van der Waals surface area contributed by atoms with E-state index >= 15 is 0 Å². The molecule has 0 aromatic carbocycles. The molecule has 2 nitrogen and oxygen atoms in total. The highest BCUT2D eigenvalue weighted by molar-refractivity contribution is 14.1. The molecule has 0 aliphatic carbocycles. The largest absolute Gasteiger partial charge is 0.437 e. The molecule has 1 aliphatic heterocycles. The summed E-state index contributed by atoms with van der Waals surface area (Å²) in [5.41, 5.74) is 0. The third kappa shape index (κ3) is 2.21. The van der Waals surface area contributed by atoms with Crippen LogP contribution in [0.1, 0.15) is 13.3 Å². The van der Waals surface area contributed by atoms with E-state index in [4.69, 9.17) is 4.74 Å². The lowest BCUT2D eigenvalue weighted by atomic mass is 10.4. The van der Waals surface area contributed by atoms with Crippen molar-refractivity contribution in [1.29, 1.82) is 0 Å². The van der Waals surface area contributed by atoms with Crippen LogP contribution in [0.3, 0.4) is 0 Å². The van der Waals surface area contributed by atoms with Crippen molar-refractivity contribution >= 4 is 28.5 Å². The van der Waals surface area contributed by atoms with E-state index in [0.717, 1.165) is 29.8 Å². The fraction of sp³-hybridized carbons (Fsp3) is 0.667. The quantitative estimate of drug-likeness (QED) is 0.331. The molecule has 1 heterocycles. The Morgan fingerprint density at radius 1 is 1.83 bits per heavy atom. The molecule has 0 bridgehead atoms. The number of ether oxygens (including phenoxy) is 1. The molecule has 0 saturated carbocycles. The molecule has 0 aromatic rings. The van der Waals surface area contributed by atoms with Crippen molar-refractivity contribution in [2.45, 2.75) is 19.4 Å². The lowest BCUT2D eigenvalue weighted by Gasteiger charge is -1.99. The van der Waals surface area contributed by atoms with Crippen molar-refractivity contribution in [1.82, 2.24) is 0 Å². The van der Waals surface area contributed by atoms with Gasteiger partial charge in [0, 0.05) is 4.43 Å². The molecule has 3 heteroatoms. The minimum Gasteiger partial charge on any atom is -0.437 e. The second-order valence-electron chi connectivity index (χ2n) is 2.84. The van der Waals surface area contributed by atoms with Crippen LogP contribution in [0.2, 0.25) is 0 Å². The molecular formula is C9H15INO+. The predicted octanol–water partition coefficient (Wildman–Crippen LogP) is 1.83. The highest BCUT2D eigenvalue weighted by atomic mass is 127. The topological polar surface area (TPSA) is 12.2 Å². The smallest absolute Gasteiger partial charge is 0.336 e. The fourth-order valence-corrected chi connectivity index (χ4v) is 1.83. The minimum absolute atomic E-state index is 0.389. The van der Waals surface area contributed by atoms with E-state index in [9.17, 15) is 0 Å². The summed E-state index contributed by atoms with van der Waals surface area (Å²) in [6.07, 6.45) is 3.30. The summed E-state index contributed by atoms with van der Waals surface area (Å²) in [6.45, 7) is 7.80. The van der Waals surface area contributed by atoms with Crippen LogP contribution in [0.5, 0.6) is 0 Å². The summed E-state index contributed by atoms with van der Waals surface area (Å²) >= 11 is 2.36. The van der Waals surface area contributed by atoms with Crippen molar-refractivity contribution in [3.05, 3.63) is 12.7 Å². The first-order chi connectivity index (χ1) is 5.81. The van der Waals surface area contributed by atoms with Crippen molar-refractivity contribution in [3.8, 4) is 0 Å². The van der Waals surface area contributed by atoms with Crippen molar-refractivity contribution in [3.63, 3.8) is 0 Å². The van der Waals surface area contributed by atoms with Crippen LogP contribution in [-0.4, -0.2) is 34.1 Å². The summed E-state index contributed by atoms with van der Waals surface area (Å²) in [5, 5.41) is 0. The Bertz CT molecular complexity index is 201. The van der Waals surface area contributed by atoms with Crippen molar-refractivity contribution in [2.75, 3.05) is 17.5 Å². The molecule has 0 saturated heterocycles. The third-order valence-electron chi connectivity index (χ3n) is 1.90. The van der Waals surface area contributed by atoms with Crippen molar-refractivity contribution < 1.29 is 9.31 Å². The SMILES string of the molecule is C=CC[N+]1=C(CC)OC(CI)C1. The van der Waals surface area contributed by atoms with Crippen molar-refractivity contribution in [2.24, 2.45) is 0 Å². The van der Waals surface area contributed by atoms with Gasteiger partial charge in [-0.3, -0.25) is 0 Å². The Labute approximate surface area is 87.4 Å². The van der Waals surface area contributed by atoms with E-state index in [1.54, 1.807) is 0 Å². The average molecular weight is 280 g/mol. The highest BCUT2D eigenvalue weighted by Gasteiger charge is 2.29. The molecule has 1 aliphatic rings. The van der Waals surface area contributed by atoms with Gasteiger partial charge in [0.2, 0.25) is 0 Å². The first-order valence-electron chi connectivity index (χ1n) is 4.26. The van der Waals surface area contributed by atoms with Crippen LogP contribution in [0, 0.1) is 0 Å². The summed E-state index contributed by atoms with van der Waals surface area (Å²) < 4.78 is 9.04. The van der Waals surface area contributed by atoms with E-state index in [0.29, 0.717) is 6.10 Å². The minimum atomic E-state index is 0.389. The third-order valence-corrected chi connectivity index (χ3v) is 2.89. The van der Waals surface area contributed by atoms with Crippen LogP contribution >= 0.6 is 22.6 Å². The molecule has 0 aromatic heterocycles. The maximum atomic E-state index is 5.71. The summed E-state index contributed by atoms with van der Waals surface area (Å²) in [4.78, 5) is 0. The summed E-state index contributed by atoms with van der Waals surface area (Å²) in [6, 6.07) is 0. The predicted molar refractivity (Wildman–Crippen MR) is 59.2 cm³/mol. The van der Waals surface area contributed by atoms with Gasteiger partial charge < -0.3 is 4.74 Å². The molecule has 1 unspecified atom stereocenters. The zero-order valence-electron chi connectivity index (χ0n) is 7.42. The first kappa shape index (κ1) is 10.0. The first-order valence-corrected chi connectivity index (χ1v) is 5.78. The van der Waals surface area contributed by atoms with Gasteiger partial charge in [0.05, 0.1) is 6.42 Å². The Kier molecular flexibility index (Phi) is 4.05. The Morgan fingerprint density at radius 3 is 3.08 bits per heavy atom. The Morgan fingerprint density at radius 2 is 2.58 bits per heavy atom. The lowest BCUT2D eigenvalue weighted by Crippen LogP contribution is -2.18. The molecule has 1 atom stereocenters. The van der Waals surface area contributed by atoms with E-state index in [-0.39, 0.29) is 0 Å². The zero-order chi connectivity index (χ0) is 8.97. The number of rotatable bonds is 4. The molecule has 0 N–H and O–H groups in total. The molecule has 0 radical (unpaired) electrons. The van der Waals surface area contributed by atoms with Crippen LogP contribution < -0.4 is 0 Å². The number of nitrogens with zero attached hydrogens (tertiary/aromatic N) is 1. The number of alkyl halides is 1. The monoisotopic (exact) mass is 280 g/mol. The van der Waals surface area contributed by atoms with Gasteiger partial charge in [0.15, 0.2) is 19.2 Å². The normalized spacial score (nSPS) is 22.7. The van der Waals surface area contributed by atoms with E-state index < -0.39 is 0 Å². The zero-order valence-corrected chi connectivity index (χ0v) is 9.58. The van der Waals surface area contributed by atoms with Gasteiger partial charge in [-0.05, 0) is 6.08 Å². The van der Waals surface area contributed by atoms with Gasteiger partial charge >= 0.3 is 5.90 Å². The number of hydrogen-bond acceptors (Lipinski definition) is 1. The Balaban J connectivity index is 2.59. The molecule has 0 fully saturated rings. The van der Waals surface area contributed by atoms with Crippen LogP contribution in [0.25, 0.3) is 0 Å². The number of halogens is 1. The standard InChI is InChI=1S/C9H15INO/c1-3-5-11-7-8(6-10)12-9(11)4-2/h3,8H,1,4-7H2,2H3/q+1. The molecular weight excluding hydrogens is 265 g/mol. The Hall–Kier alpha value is -0.0600. The van der Waals surface area contributed by atoms with Gasteiger partial charge in [-0.2, -0.15) is 4.58 Å². The van der Waals surface area contributed by atoms with E-state index in [1.807, 2.05) is 6.08 Å². The molecule has 68 valence electrons.